The van der Waals surface area contributed by atoms with Crippen molar-refractivity contribution in [3.8, 4) is 0 Å². The molecule has 0 radical (unpaired) electrons. The van der Waals surface area contributed by atoms with Crippen LogP contribution in [-0.2, 0) is 4.79 Å². The summed E-state index contributed by atoms with van der Waals surface area (Å²) in [5.41, 5.74) is 5.50. The van der Waals surface area contributed by atoms with Gasteiger partial charge in [0.1, 0.15) is 0 Å². The Balaban J connectivity index is 2.57. The molecule has 1 rings (SSSR count). The molecule has 0 spiro atoms. The Morgan fingerprint density at radius 2 is 2.08 bits per heavy atom. The first-order valence-electron chi connectivity index (χ1n) is 4.75. The number of hydrogen-bond donors (Lipinski definition) is 1. The summed E-state index contributed by atoms with van der Waals surface area (Å²) in [7, 11) is 0. The summed E-state index contributed by atoms with van der Waals surface area (Å²) in [6.45, 7) is 3.69. The summed E-state index contributed by atoms with van der Waals surface area (Å²) in [4.78, 5) is 14.0. The molecule has 0 aromatic heterocycles. The van der Waals surface area contributed by atoms with Crippen molar-refractivity contribution in [2.24, 2.45) is 11.7 Å². The number of thiocarbonyl (C=S) groups is 1. The SMILES string of the molecule is CCC(C(=O)N1CCCC1)C(N)=S. The van der Waals surface area contributed by atoms with E-state index in [-0.39, 0.29) is 11.8 Å². The highest BCUT2D eigenvalue weighted by molar-refractivity contribution is 7.80. The molecular formula is C9H16N2OS. The fraction of sp³-hybridized carbons (Fsp3) is 0.778. The molecule has 2 N–H and O–H groups in total. The van der Waals surface area contributed by atoms with Gasteiger partial charge in [0.25, 0.3) is 0 Å². The summed E-state index contributed by atoms with van der Waals surface area (Å²) in [6, 6.07) is 0. The third-order valence-electron chi connectivity index (χ3n) is 2.47. The first kappa shape index (κ1) is 10.4. The van der Waals surface area contributed by atoms with Gasteiger partial charge in [-0.2, -0.15) is 0 Å². The van der Waals surface area contributed by atoms with E-state index in [0.29, 0.717) is 11.4 Å². The van der Waals surface area contributed by atoms with Crippen LogP contribution in [0, 0.1) is 5.92 Å². The number of carbonyl (C=O) groups excluding carboxylic acids is 1. The van der Waals surface area contributed by atoms with Crippen molar-refractivity contribution >= 4 is 23.1 Å². The maximum Gasteiger partial charge on any atom is 0.232 e. The third-order valence-corrected chi connectivity index (χ3v) is 2.75. The van der Waals surface area contributed by atoms with Gasteiger partial charge in [0.05, 0.1) is 10.9 Å². The van der Waals surface area contributed by atoms with Crippen molar-refractivity contribution in [2.45, 2.75) is 26.2 Å². The Hall–Kier alpha value is -0.640. The highest BCUT2D eigenvalue weighted by Gasteiger charge is 2.26. The van der Waals surface area contributed by atoms with E-state index in [4.69, 9.17) is 18.0 Å². The molecule has 0 aromatic carbocycles. The van der Waals surface area contributed by atoms with Gasteiger partial charge in [-0.25, -0.2) is 0 Å². The molecule has 1 saturated heterocycles. The minimum atomic E-state index is -0.243. The highest BCUT2D eigenvalue weighted by atomic mass is 32.1. The zero-order valence-electron chi connectivity index (χ0n) is 7.95. The molecule has 4 heteroatoms. The van der Waals surface area contributed by atoms with E-state index in [1.165, 1.54) is 0 Å². The van der Waals surface area contributed by atoms with E-state index in [9.17, 15) is 4.79 Å². The maximum atomic E-state index is 11.8. The van der Waals surface area contributed by atoms with E-state index < -0.39 is 0 Å². The van der Waals surface area contributed by atoms with Crippen LogP contribution in [0.1, 0.15) is 26.2 Å². The molecule has 1 amide bonds. The van der Waals surface area contributed by atoms with Gasteiger partial charge in [0.15, 0.2) is 0 Å². The van der Waals surface area contributed by atoms with Crippen molar-refractivity contribution in [2.75, 3.05) is 13.1 Å². The first-order valence-corrected chi connectivity index (χ1v) is 5.15. The maximum absolute atomic E-state index is 11.8. The van der Waals surface area contributed by atoms with Crippen LogP contribution in [0.3, 0.4) is 0 Å². The minimum absolute atomic E-state index is 0.118. The standard InChI is InChI=1S/C9H16N2OS/c1-2-7(8(10)13)9(12)11-5-3-4-6-11/h7H,2-6H2,1H3,(H2,10,13). The number of amides is 1. The molecule has 1 heterocycles. The number of nitrogens with two attached hydrogens (primary N) is 1. The average molecular weight is 200 g/mol. The summed E-state index contributed by atoms with van der Waals surface area (Å²) in [6.07, 6.45) is 2.93. The topological polar surface area (TPSA) is 46.3 Å². The molecule has 13 heavy (non-hydrogen) atoms. The fourth-order valence-corrected chi connectivity index (χ4v) is 1.92. The molecule has 3 nitrogen and oxygen atoms in total. The summed E-state index contributed by atoms with van der Waals surface area (Å²) >= 11 is 4.86. The number of likely N-dealkylation sites (tertiary alicyclic amines) is 1. The van der Waals surface area contributed by atoms with Gasteiger partial charge in [-0.1, -0.05) is 19.1 Å². The van der Waals surface area contributed by atoms with Crippen molar-refractivity contribution in [3.05, 3.63) is 0 Å². The van der Waals surface area contributed by atoms with Gasteiger partial charge >= 0.3 is 0 Å². The van der Waals surface area contributed by atoms with Gasteiger partial charge in [-0.3, -0.25) is 4.79 Å². The Labute approximate surface area is 84.3 Å². The summed E-state index contributed by atoms with van der Waals surface area (Å²) < 4.78 is 0. The molecule has 1 atom stereocenters. The Kier molecular flexibility index (Phi) is 3.66. The smallest absolute Gasteiger partial charge is 0.232 e. The van der Waals surface area contributed by atoms with Crippen LogP contribution in [0.15, 0.2) is 0 Å². The Bertz CT molecular complexity index is 212. The van der Waals surface area contributed by atoms with Gasteiger partial charge < -0.3 is 10.6 Å². The molecule has 1 fully saturated rings. The first-order chi connectivity index (χ1) is 6.16. The summed E-state index contributed by atoms with van der Waals surface area (Å²) in [5, 5.41) is 0. The van der Waals surface area contributed by atoms with Gasteiger partial charge in [0, 0.05) is 13.1 Å². The summed E-state index contributed by atoms with van der Waals surface area (Å²) in [5.74, 6) is -0.124. The van der Waals surface area contributed by atoms with E-state index in [1.807, 2.05) is 11.8 Å². The number of nitrogens with zero attached hydrogens (tertiary/aromatic N) is 1. The molecule has 74 valence electrons. The molecule has 0 bridgehead atoms. The number of hydrogen-bond acceptors (Lipinski definition) is 2. The van der Waals surface area contributed by atoms with Crippen LogP contribution in [0.2, 0.25) is 0 Å². The zero-order valence-corrected chi connectivity index (χ0v) is 8.77. The zero-order chi connectivity index (χ0) is 9.84. The third kappa shape index (κ3) is 2.40. The Morgan fingerprint density at radius 3 is 2.46 bits per heavy atom. The Morgan fingerprint density at radius 1 is 1.54 bits per heavy atom. The van der Waals surface area contributed by atoms with Crippen molar-refractivity contribution < 1.29 is 4.79 Å². The van der Waals surface area contributed by atoms with Gasteiger partial charge in [-0.05, 0) is 19.3 Å². The normalized spacial score (nSPS) is 18.7. The lowest BCUT2D eigenvalue weighted by Crippen LogP contribution is -2.39. The molecule has 0 aliphatic carbocycles. The van der Waals surface area contributed by atoms with E-state index >= 15 is 0 Å². The second-order valence-corrected chi connectivity index (χ2v) is 3.87. The quantitative estimate of drug-likeness (QED) is 0.689. The van der Waals surface area contributed by atoms with Crippen molar-refractivity contribution in [1.29, 1.82) is 0 Å². The minimum Gasteiger partial charge on any atom is -0.393 e. The van der Waals surface area contributed by atoms with E-state index in [2.05, 4.69) is 0 Å². The lowest BCUT2D eigenvalue weighted by molar-refractivity contribution is -0.132. The lowest BCUT2D eigenvalue weighted by Gasteiger charge is -2.21. The fourth-order valence-electron chi connectivity index (χ4n) is 1.66. The predicted octanol–water partition coefficient (Wildman–Crippen LogP) is 0.921. The largest absolute Gasteiger partial charge is 0.393 e. The van der Waals surface area contributed by atoms with Crippen molar-refractivity contribution in [1.82, 2.24) is 4.90 Å². The molecular weight excluding hydrogens is 184 g/mol. The van der Waals surface area contributed by atoms with Crippen LogP contribution in [0.4, 0.5) is 0 Å². The average Bonchev–Trinajstić information content (AvgIpc) is 2.56. The second-order valence-electron chi connectivity index (χ2n) is 3.40. The van der Waals surface area contributed by atoms with Crippen LogP contribution in [-0.4, -0.2) is 28.9 Å². The van der Waals surface area contributed by atoms with Crippen molar-refractivity contribution in [3.63, 3.8) is 0 Å². The second kappa shape index (κ2) is 4.56. The molecule has 0 saturated carbocycles. The highest BCUT2D eigenvalue weighted by Crippen LogP contribution is 2.14. The number of rotatable bonds is 3. The molecule has 0 aromatic rings. The number of carbonyl (C=O) groups is 1. The van der Waals surface area contributed by atoms with Crippen LogP contribution in [0.5, 0.6) is 0 Å². The molecule has 1 aliphatic heterocycles. The predicted molar refractivity (Wildman–Crippen MR) is 56.4 cm³/mol. The van der Waals surface area contributed by atoms with Crippen LogP contribution < -0.4 is 5.73 Å². The van der Waals surface area contributed by atoms with Crippen LogP contribution >= 0.6 is 12.2 Å². The van der Waals surface area contributed by atoms with Crippen LogP contribution in [0.25, 0.3) is 0 Å². The lowest BCUT2D eigenvalue weighted by atomic mass is 10.1. The van der Waals surface area contributed by atoms with Gasteiger partial charge in [-0.15, -0.1) is 0 Å². The molecule has 1 unspecified atom stereocenters. The molecule has 1 aliphatic rings. The van der Waals surface area contributed by atoms with E-state index in [1.54, 1.807) is 0 Å². The van der Waals surface area contributed by atoms with E-state index in [0.717, 1.165) is 25.9 Å². The van der Waals surface area contributed by atoms with Gasteiger partial charge in [0.2, 0.25) is 5.91 Å². The monoisotopic (exact) mass is 200 g/mol.